The number of fused-ring (bicyclic) bond motifs is 1. The molecule has 11 nitrogen and oxygen atoms in total. The Kier molecular flexibility index (Phi) is 5.84. The standard InChI is InChI=1S/C13H23N9O2/c1-17-12-19-10-8(11(23)20-12)9(16)18-13(24)22(10)7-6-21(4-2-14)5-3-15/h2-7,14-15H2,1H3,(H2,16,18,24)(H2,17,19,20,23). The van der Waals surface area contributed by atoms with Gasteiger partial charge in [-0.2, -0.15) is 9.97 Å². The van der Waals surface area contributed by atoms with E-state index in [1.165, 1.54) is 4.57 Å². The van der Waals surface area contributed by atoms with Crippen molar-refractivity contribution in [1.82, 2.24) is 24.4 Å². The first-order valence-electron chi connectivity index (χ1n) is 7.62. The molecular formula is C13H23N9O2. The van der Waals surface area contributed by atoms with E-state index in [0.717, 1.165) is 0 Å². The average molecular weight is 337 g/mol. The molecule has 0 aromatic carbocycles. The van der Waals surface area contributed by atoms with Crippen LogP contribution >= 0.6 is 0 Å². The van der Waals surface area contributed by atoms with Gasteiger partial charge in [0, 0.05) is 46.3 Å². The smallest absolute Gasteiger partial charge is 0.351 e. The highest BCUT2D eigenvalue weighted by atomic mass is 16.1. The topological polar surface area (TPSA) is 174 Å². The number of hydrogen-bond acceptors (Lipinski definition) is 9. The van der Waals surface area contributed by atoms with Gasteiger partial charge in [-0.25, -0.2) is 4.79 Å². The summed E-state index contributed by atoms with van der Waals surface area (Å²) < 4.78 is 1.34. The predicted octanol–water partition coefficient (Wildman–Crippen LogP) is -2.68. The largest absolute Gasteiger partial charge is 0.383 e. The van der Waals surface area contributed by atoms with Crippen molar-refractivity contribution in [2.75, 3.05) is 50.8 Å². The Balaban J connectivity index is 2.47. The maximum absolute atomic E-state index is 12.2. The first-order chi connectivity index (χ1) is 11.5. The third kappa shape index (κ3) is 3.69. The van der Waals surface area contributed by atoms with Crippen LogP contribution in [0.2, 0.25) is 0 Å². The zero-order chi connectivity index (χ0) is 17.7. The highest BCUT2D eigenvalue weighted by molar-refractivity contribution is 5.85. The van der Waals surface area contributed by atoms with Crippen LogP contribution in [-0.4, -0.2) is 64.2 Å². The second kappa shape index (κ2) is 7.86. The number of aromatic amines is 1. The van der Waals surface area contributed by atoms with Gasteiger partial charge in [-0.3, -0.25) is 19.2 Å². The van der Waals surface area contributed by atoms with Gasteiger partial charge in [0.1, 0.15) is 11.2 Å². The highest BCUT2D eigenvalue weighted by Gasteiger charge is 2.15. The molecule has 0 radical (unpaired) electrons. The Morgan fingerprint density at radius 2 is 1.83 bits per heavy atom. The van der Waals surface area contributed by atoms with Crippen LogP contribution in [0.1, 0.15) is 0 Å². The van der Waals surface area contributed by atoms with E-state index < -0.39 is 11.2 Å². The maximum Gasteiger partial charge on any atom is 0.351 e. The Morgan fingerprint density at radius 1 is 1.17 bits per heavy atom. The molecule has 0 unspecified atom stereocenters. The predicted molar refractivity (Wildman–Crippen MR) is 92.9 cm³/mol. The monoisotopic (exact) mass is 337 g/mol. The maximum atomic E-state index is 12.2. The summed E-state index contributed by atoms with van der Waals surface area (Å²) in [5, 5.41) is 2.84. The molecule has 11 heteroatoms. The first-order valence-corrected chi connectivity index (χ1v) is 7.62. The van der Waals surface area contributed by atoms with Crippen molar-refractivity contribution in [3.8, 4) is 0 Å². The number of rotatable bonds is 8. The number of aromatic nitrogens is 4. The van der Waals surface area contributed by atoms with Gasteiger partial charge in [-0.05, 0) is 0 Å². The van der Waals surface area contributed by atoms with Gasteiger partial charge in [-0.15, -0.1) is 0 Å². The zero-order valence-electron chi connectivity index (χ0n) is 13.6. The van der Waals surface area contributed by atoms with E-state index in [9.17, 15) is 9.59 Å². The van der Waals surface area contributed by atoms with E-state index in [2.05, 4.69) is 20.3 Å². The van der Waals surface area contributed by atoms with Crippen LogP contribution in [0.15, 0.2) is 9.59 Å². The number of anilines is 2. The Morgan fingerprint density at radius 3 is 2.42 bits per heavy atom. The molecule has 0 bridgehead atoms. The molecule has 0 fully saturated rings. The lowest BCUT2D eigenvalue weighted by atomic mass is 10.3. The summed E-state index contributed by atoms with van der Waals surface area (Å²) >= 11 is 0. The Labute approximate surface area is 137 Å². The molecule has 132 valence electrons. The summed E-state index contributed by atoms with van der Waals surface area (Å²) in [4.78, 5) is 36.9. The molecule has 0 atom stereocenters. The quantitative estimate of drug-likeness (QED) is 0.344. The van der Waals surface area contributed by atoms with Crippen molar-refractivity contribution in [2.24, 2.45) is 11.5 Å². The molecule has 24 heavy (non-hydrogen) atoms. The molecule has 0 spiro atoms. The van der Waals surface area contributed by atoms with Crippen molar-refractivity contribution in [1.29, 1.82) is 0 Å². The molecular weight excluding hydrogens is 314 g/mol. The summed E-state index contributed by atoms with van der Waals surface area (Å²) in [5.41, 5.74) is 16.1. The molecule has 0 aliphatic carbocycles. The second-order valence-electron chi connectivity index (χ2n) is 5.21. The number of hydrogen-bond donors (Lipinski definition) is 5. The molecule has 0 saturated heterocycles. The molecule has 8 N–H and O–H groups in total. The molecule has 2 heterocycles. The first kappa shape index (κ1) is 17.8. The van der Waals surface area contributed by atoms with E-state index in [0.29, 0.717) is 39.3 Å². The number of nitrogens with zero attached hydrogens (tertiary/aromatic N) is 4. The van der Waals surface area contributed by atoms with Crippen LogP contribution in [0, 0.1) is 0 Å². The summed E-state index contributed by atoms with van der Waals surface area (Å²) in [6, 6.07) is 0. The molecule has 2 rings (SSSR count). The third-order valence-corrected chi connectivity index (χ3v) is 3.63. The fraction of sp³-hybridized carbons (Fsp3) is 0.538. The average Bonchev–Trinajstić information content (AvgIpc) is 2.53. The van der Waals surface area contributed by atoms with Crippen molar-refractivity contribution in [2.45, 2.75) is 6.54 Å². The summed E-state index contributed by atoms with van der Waals surface area (Å²) in [6.45, 7) is 3.10. The van der Waals surface area contributed by atoms with Crippen LogP contribution in [-0.2, 0) is 6.54 Å². The Bertz CT molecular complexity index is 807. The van der Waals surface area contributed by atoms with Gasteiger partial charge in [0.25, 0.3) is 5.56 Å². The van der Waals surface area contributed by atoms with E-state index in [1.54, 1.807) is 7.05 Å². The fourth-order valence-electron chi connectivity index (χ4n) is 2.46. The molecule has 0 amide bonds. The van der Waals surface area contributed by atoms with Crippen LogP contribution < -0.4 is 33.8 Å². The van der Waals surface area contributed by atoms with Gasteiger partial charge in [0.05, 0.1) is 0 Å². The van der Waals surface area contributed by atoms with Crippen LogP contribution in [0.25, 0.3) is 11.0 Å². The van der Waals surface area contributed by atoms with Gasteiger partial charge >= 0.3 is 5.69 Å². The van der Waals surface area contributed by atoms with Crippen LogP contribution in [0.4, 0.5) is 11.8 Å². The number of nitrogens with two attached hydrogens (primary N) is 3. The summed E-state index contributed by atoms with van der Waals surface area (Å²) in [7, 11) is 1.61. The molecule has 2 aromatic heterocycles. The lowest BCUT2D eigenvalue weighted by Gasteiger charge is -2.21. The SMILES string of the molecule is CNc1nc2c(c(N)nc(=O)n2CCN(CCN)CCN)c(=O)[nH]1. The van der Waals surface area contributed by atoms with Crippen LogP contribution in [0.5, 0.6) is 0 Å². The van der Waals surface area contributed by atoms with Crippen LogP contribution in [0.3, 0.4) is 0 Å². The van der Waals surface area contributed by atoms with Gasteiger partial charge in [-0.1, -0.05) is 0 Å². The fourth-order valence-corrected chi connectivity index (χ4v) is 2.46. The lowest BCUT2D eigenvalue weighted by Crippen LogP contribution is -2.38. The minimum absolute atomic E-state index is 0.0952. The van der Waals surface area contributed by atoms with Crippen molar-refractivity contribution >= 4 is 22.8 Å². The minimum Gasteiger partial charge on any atom is -0.383 e. The van der Waals surface area contributed by atoms with Gasteiger partial charge in [0.2, 0.25) is 5.95 Å². The number of nitrogen functional groups attached to an aromatic ring is 1. The number of H-pyrrole nitrogens is 1. The normalized spacial score (nSPS) is 11.3. The number of nitrogens with one attached hydrogen (secondary N) is 2. The summed E-state index contributed by atoms with van der Waals surface area (Å²) in [6.07, 6.45) is 0. The second-order valence-corrected chi connectivity index (χ2v) is 5.21. The van der Waals surface area contributed by atoms with E-state index >= 15 is 0 Å². The highest BCUT2D eigenvalue weighted by Crippen LogP contribution is 2.11. The minimum atomic E-state index is -0.555. The molecule has 0 saturated carbocycles. The zero-order valence-corrected chi connectivity index (χ0v) is 13.6. The Hall–Kier alpha value is -2.50. The summed E-state index contributed by atoms with van der Waals surface area (Å²) in [5.74, 6) is 0.107. The third-order valence-electron chi connectivity index (χ3n) is 3.63. The van der Waals surface area contributed by atoms with Gasteiger partial charge < -0.3 is 22.5 Å². The molecule has 0 aliphatic rings. The molecule has 2 aromatic rings. The van der Waals surface area contributed by atoms with Crippen molar-refractivity contribution in [3.63, 3.8) is 0 Å². The van der Waals surface area contributed by atoms with Gasteiger partial charge in [0.15, 0.2) is 5.65 Å². The molecule has 0 aliphatic heterocycles. The van der Waals surface area contributed by atoms with E-state index in [4.69, 9.17) is 17.2 Å². The lowest BCUT2D eigenvalue weighted by molar-refractivity contribution is 0.276. The van der Waals surface area contributed by atoms with E-state index in [-0.39, 0.29) is 22.8 Å². The van der Waals surface area contributed by atoms with E-state index in [1.807, 2.05) is 4.90 Å². The van der Waals surface area contributed by atoms with Crippen molar-refractivity contribution < 1.29 is 0 Å². The van der Waals surface area contributed by atoms with Crippen molar-refractivity contribution in [3.05, 3.63) is 20.8 Å².